The van der Waals surface area contributed by atoms with Crippen LogP contribution < -0.4 is 38.9 Å². The molecule has 670 valence electrons. The van der Waals surface area contributed by atoms with Gasteiger partial charge in [0.2, 0.25) is 11.9 Å². The van der Waals surface area contributed by atoms with Crippen molar-refractivity contribution in [2.75, 3.05) is 45.9 Å². The average molecular weight is 1810 g/mol. The second-order valence-corrected chi connectivity index (χ2v) is 32.4. The lowest BCUT2D eigenvalue weighted by atomic mass is 10.0. The number of pyridine rings is 4. The van der Waals surface area contributed by atoms with E-state index >= 15 is 0 Å². The van der Waals surface area contributed by atoms with E-state index in [1.165, 1.54) is 50.4 Å². The van der Waals surface area contributed by atoms with Crippen LogP contribution in [-0.2, 0) is 31.0 Å². The van der Waals surface area contributed by atoms with Crippen molar-refractivity contribution in [3.63, 3.8) is 0 Å². The molecule has 1 amide bonds. The summed E-state index contributed by atoms with van der Waals surface area (Å²) in [6, 6.07) is 72.8. The lowest BCUT2D eigenvalue weighted by Gasteiger charge is -2.25. The fraction of sp³-hybridized carbons (Fsp3) is 0.0891. The molecule has 0 aliphatic carbocycles. The minimum atomic E-state index is -0.365. The summed E-state index contributed by atoms with van der Waals surface area (Å²) in [4.78, 5) is 82.0. The number of carbonyl (C=O) groups excluding carboxylic acids is 1. The smallest absolute Gasteiger partial charge is 0.223 e. The number of imidazole rings is 2. The van der Waals surface area contributed by atoms with Gasteiger partial charge in [-0.2, -0.15) is 25.7 Å². The maximum Gasteiger partial charge on any atom is 0.223 e. The molecule has 0 radical (unpaired) electrons. The molecule has 137 heavy (non-hydrogen) atoms. The number of nitrogen functional groups attached to an aromatic ring is 5. The number of carbonyl (C=O) groups is 1. The van der Waals surface area contributed by atoms with E-state index in [0.717, 1.165) is 93.8 Å². The molecule has 0 spiro atoms. The fourth-order valence-electron chi connectivity index (χ4n) is 16.7. The van der Waals surface area contributed by atoms with Gasteiger partial charge in [-0.1, -0.05) is 128 Å². The predicted octanol–water partition coefficient (Wildman–Crippen LogP) is 17.4. The number of aromatic nitrogens is 24. The molecule has 0 saturated heterocycles. The number of hydrogen-bond acceptors (Lipinski definition) is 26. The molecule has 36 heteroatoms. The van der Waals surface area contributed by atoms with Gasteiger partial charge in [0.1, 0.15) is 89.3 Å². The van der Waals surface area contributed by atoms with Crippen LogP contribution in [0.5, 0.6) is 0 Å². The van der Waals surface area contributed by atoms with Crippen LogP contribution in [0, 0.1) is 28.8 Å². The zero-order valence-corrected chi connectivity index (χ0v) is 73.6. The molecule has 9 aromatic carbocycles. The molecule has 33 nitrogen and oxygen atoms in total. The van der Waals surface area contributed by atoms with Crippen molar-refractivity contribution >= 4 is 163 Å². The van der Waals surface area contributed by atoms with Crippen LogP contribution in [0.2, 0.25) is 0 Å². The third-order valence-electron chi connectivity index (χ3n) is 23.3. The summed E-state index contributed by atoms with van der Waals surface area (Å²) in [6.45, 7) is 10.8. The number of H-pyrrole nitrogens is 2. The van der Waals surface area contributed by atoms with Crippen molar-refractivity contribution in [3.8, 4) is 62.4 Å². The molecule has 0 atom stereocenters. The van der Waals surface area contributed by atoms with Crippen molar-refractivity contribution in [1.29, 1.82) is 5.26 Å². The standard InChI is InChI=1S/C30H22FN9O.C26H26N10.C23H17FN6.C22H14FN7/c1-16(41)35-30-37-23-11-10-18(13-24(23)38-30)27-25-28(32)33-15-34-29(25)40(39-27)14-19-12-17-6-2-5-9-22(17)36-26(19)20-7-3-4-8-21(20)31;1-14(2)35(3)24-17(10-15-6-4-5-7-18(15)31-24)12-36-25-21(23(27)29-13-30-25)22(34-36)16-8-9-19-20(11-16)33-26(28)32-19;1-2-18-20-22(25)26-13-27-23(20)30(29-18)12-15-11-14-7-3-6-10-19(14)28-21(15)16-8-4-5-9-17(16)24;23-16-7-3-2-6-15(16)20-14(9-13-5-1-4-8-17(13)28-20)11-30-22-19(18(10-24)29-30)21(25)26-12-27-22/h2-13,15H,14H2,1H3,(H2,32,33,34)(H2,35,37,38,41);4-11,13-14H,12H2,1-3H3,(H2,27,29,30)(H3,28,32,33);2-11,13H,1,12H2,(H2,25,26,27);1-9,12H,11H2,(H2,25,26,27). The monoisotopic (exact) mass is 1810 g/mol. The molecule has 23 aromatic rings. The van der Waals surface area contributed by atoms with Crippen LogP contribution in [0.1, 0.15) is 54.4 Å². The van der Waals surface area contributed by atoms with Gasteiger partial charge < -0.3 is 43.5 Å². The Morgan fingerprint density at radius 3 is 1.22 bits per heavy atom. The molecule has 0 fully saturated rings. The van der Waals surface area contributed by atoms with Crippen LogP contribution in [-0.4, -0.2) is 138 Å². The third kappa shape index (κ3) is 16.8. The molecule has 23 rings (SSSR count). The molecular formula is C101H79F3N32O. The fourth-order valence-corrected chi connectivity index (χ4v) is 16.7. The largest absolute Gasteiger partial charge is 0.383 e. The van der Waals surface area contributed by atoms with Crippen LogP contribution in [0.4, 0.5) is 54.2 Å². The van der Waals surface area contributed by atoms with Gasteiger partial charge in [0, 0.05) is 91.6 Å². The highest BCUT2D eigenvalue weighted by Crippen LogP contribution is 2.40. The molecule has 14 heterocycles. The molecule has 14 aromatic heterocycles. The van der Waals surface area contributed by atoms with E-state index in [9.17, 15) is 23.2 Å². The van der Waals surface area contributed by atoms with Crippen molar-refractivity contribution in [1.82, 2.24) is 119 Å². The normalized spacial score (nSPS) is 11.4. The van der Waals surface area contributed by atoms with Crippen molar-refractivity contribution < 1.29 is 18.0 Å². The first-order valence-corrected chi connectivity index (χ1v) is 43.1. The van der Waals surface area contributed by atoms with E-state index in [2.05, 4.69) is 120 Å². The zero-order chi connectivity index (χ0) is 94.4. The van der Waals surface area contributed by atoms with Gasteiger partial charge in [-0.05, 0) is 129 Å². The van der Waals surface area contributed by atoms with Gasteiger partial charge in [-0.3, -0.25) is 10.1 Å². The first-order chi connectivity index (χ1) is 66.6. The Morgan fingerprint density at radius 2 is 0.788 bits per heavy atom. The number of aromatic amines is 2. The zero-order valence-electron chi connectivity index (χ0n) is 73.6. The van der Waals surface area contributed by atoms with E-state index in [4.69, 9.17) is 58.8 Å². The van der Waals surface area contributed by atoms with Gasteiger partial charge >= 0.3 is 0 Å². The quantitative estimate of drug-likeness (QED) is 0.0420. The summed E-state index contributed by atoms with van der Waals surface area (Å²) in [7, 11) is 2.06. The summed E-state index contributed by atoms with van der Waals surface area (Å²) < 4.78 is 51.2. The van der Waals surface area contributed by atoms with Crippen molar-refractivity contribution in [2.45, 2.75) is 53.0 Å². The maximum atomic E-state index is 15.0. The molecule has 0 aliphatic rings. The topological polar surface area (TPSA) is 470 Å². The molecule has 13 N–H and O–H groups in total. The second-order valence-electron chi connectivity index (χ2n) is 32.4. The first-order valence-electron chi connectivity index (χ1n) is 43.1. The number of nitrogens with one attached hydrogen (secondary N) is 3. The summed E-state index contributed by atoms with van der Waals surface area (Å²) >= 11 is 0. The highest BCUT2D eigenvalue weighted by molar-refractivity contribution is 6.03. The highest BCUT2D eigenvalue weighted by atomic mass is 19.1. The van der Waals surface area contributed by atoms with Crippen LogP contribution in [0.25, 0.3) is 172 Å². The van der Waals surface area contributed by atoms with E-state index in [1.54, 1.807) is 74.7 Å². The molecule has 0 bridgehead atoms. The van der Waals surface area contributed by atoms with Gasteiger partial charge in [-0.15, -0.1) is 0 Å². The van der Waals surface area contributed by atoms with E-state index in [-0.39, 0.29) is 59.8 Å². The first kappa shape index (κ1) is 86.1. The average Bonchev–Trinajstić information content (AvgIpc) is 1.63. The Bertz CT molecular complexity index is 8770. The number of fused-ring (bicyclic) bond motifs is 10. The summed E-state index contributed by atoms with van der Waals surface area (Å²) in [5.41, 5.74) is 48.9. The predicted molar refractivity (Wildman–Crippen MR) is 526 cm³/mol. The second kappa shape index (κ2) is 36.1. The van der Waals surface area contributed by atoms with Crippen LogP contribution in [0.15, 0.2) is 262 Å². The van der Waals surface area contributed by atoms with Crippen LogP contribution in [0.3, 0.4) is 0 Å². The Kier molecular flexibility index (Phi) is 22.7. The number of nitriles is 1. The lowest BCUT2D eigenvalue weighted by Crippen LogP contribution is -2.28. The number of anilines is 7. The number of rotatable bonds is 17. The number of halogens is 3. The van der Waals surface area contributed by atoms with Crippen LogP contribution >= 0.6 is 0 Å². The number of amides is 1. The molecule has 0 saturated carbocycles. The van der Waals surface area contributed by atoms with E-state index in [0.29, 0.717) is 143 Å². The Balaban J connectivity index is 0.000000114. The Labute approximate surface area is 775 Å². The number of benzene rings is 9. The molecular weight excluding hydrogens is 1730 g/mol. The number of para-hydroxylation sites is 4. The Morgan fingerprint density at radius 1 is 0.423 bits per heavy atom. The van der Waals surface area contributed by atoms with Crippen molar-refractivity contribution in [2.24, 2.45) is 0 Å². The minimum absolute atomic E-state index is 0.143. The van der Waals surface area contributed by atoms with Gasteiger partial charge in [0.25, 0.3) is 0 Å². The van der Waals surface area contributed by atoms with E-state index < -0.39 is 0 Å². The van der Waals surface area contributed by atoms with Gasteiger partial charge in [0.15, 0.2) is 34.2 Å². The van der Waals surface area contributed by atoms with Gasteiger partial charge in [0.05, 0.1) is 115 Å². The summed E-state index contributed by atoms with van der Waals surface area (Å²) in [5.74, 6) is 1.54. The van der Waals surface area contributed by atoms with Gasteiger partial charge in [-0.25, -0.2) is 102 Å². The summed E-state index contributed by atoms with van der Waals surface area (Å²) in [5, 5.41) is 37.2. The maximum absolute atomic E-state index is 15.0. The lowest BCUT2D eigenvalue weighted by molar-refractivity contribution is -0.114. The highest BCUT2D eigenvalue weighted by Gasteiger charge is 2.27. The third-order valence-corrected chi connectivity index (χ3v) is 23.3. The number of nitrogens with two attached hydrogens (primary N) is 5. The SMILES string of the molecule is C=Cc1nn(Cc2cc3ccccc3nc2-c2ccccc2F)c2ncnc(N)c12.CC(=O)Nc1nc2ccc(-c3nn(Cc4cc5ccccc5nc4-c4ccccc4F)c4ncnc(N)c34)cc2[nH]1.CC(C)N(C)c1nc2ccccc2cc1Cn1nc(-c2ccc3nc(N)[nH]c3c2)c2c(N)ncnc21.N#Cc1nn(Cc2cc3ccccc3nc2-c2ccccc2F)c2ncnc(N)c12. The number of nitrogens with zero attached hydrogens (tertiary/aromatic N) is 24. The molecule has 0 aliphatic heterocycles. The summed E-state index contributed by atoms with van der Waals surface area (Å²) in [6.07, 6.45) is 7.22. The molecule has 0 unspecified atom stereocenters. The Hall–Kier alpha value is -18.9. The number of hydrogen-bond donors (Lipinski definition) is 8. The minimum Gasteiger partial charge on any atom is -0.383 e. The van der Waals surface area contributed by atoms with E-state index in [1.807, 2.05) is 156 Å². The van der Waals surface area contributed by atoms with Crippen molar-refractivity contribution in [3.05, 3.63) is 314 Å².